The van der Waals surface area contributed by atoms with E-state index in [1.54, 1.807) is 24.3 Å². The van der Waals surface area contributed by atoms with Crippen molar-refractivity contribution >= 4 is 29.0 Å². The smallest absolute Gasteiger partial charge is 0.258 e. The van der Waals surface area contributed by atoms with Gasteiger partial charge in [0.05, 0.1) is 6.04 Å². The third-order valence-corrected chi connectivity index (χ3v) is 7.83. The van der Waals surface area contributed by atoms with Crippen molar-refractivity contribution in [2.24, 2.45) is 0 Å². The van der Waals surface area contributed by atoms with Crippen LogP contribution in [-0.2, 0) is 5.41 Å². The van der Waals surface area contributed by atoms with Crippen LogP contribution in [0.2, 0.25) is 5.02 Å². The lowest BCUT2D eigenvalue weighted by molar-refractivity contribution is 0.0968. The van der Waals surface area contributed by atoms with Gasteiger partial charge in [0.2, 0.25) is 0 Å². The van der Waals surface area contributed by atoms with Crippen molar-refractivity contribution in [3.63, 3.8) is 0 Å². The van der Waals surface area contributed by atoms with Crippen LogP contribution in [0.1, 0.15) is 62.7 Å². The summed E-state index contributed by atoms with van der Waals surface area (Å²) in [6.45, 7) is 4.40. The van der Waals surface area contributed by atoms with Gasteiger partial charge in [0.15, 0.2) is 5.78 Å². The fourth-order valence-electron chi connectivity index (χ4n) is 6.00. The Labute approximate surface area is 210 Å². The number of nitrogens with zero attached hydrogens (tertiary/aromatic N) is 1. The SMILES string of the molecule is CC1(C)c2ccccc2N(C(=O)c2ccc(Cl)cc2)[C@@H]1C1c2ccccc2C(=O)c2ccccc21. The predicted molar refractivity (Wildman–Crippen MR) is 140 cm³/mol. The summed E-state index contributed by atoms with van der Waals surface area (Å²) in [6, 6.07) is 30.6. The summed E-state index contributed by atoms with van der Waals surface area (Å²) in [4.78, 5) is 29.5. The number of anilines is 1. The van der Waals surface area contributed by atoms with Crippen molar-refractivity contribution in [3.8, 4) is 0 Å². The fraction of sp³-hybridized carbons (Fsp3) is 0.161. The van der Waals surface area contributed by atoms with E-state index in [2.05, 4.69) is 19.9 Å². The number of benzene rings is 4. The van der Waals surface area contributed by atoms with Gasteiger partial charge < -0.3 is 4.90 Å². The molecule has 1 atom stereocenters. The van der Waals surface area contributed by atoms with E-state index >= 15 is 0 Å². The van der Waals surface area contributed by atoms with Crippen LogP contribution in [0.15, 0.2) is 97.1 Å². The molecule has 4 aromatic carbocycles. The quantitative estimate of drug-likeness (QED) is 0.311. The number of para-hydroxylation sites is 1. The summed E-state index contributed by atoms with van der Waals surface area (Å²) >= 11 is 6.12. The van der Waals surface area contributed by atoms with Gasteiger partial charge in [0, 0.05) is 38.7 Å². The number of halogens is 1. The Morgan fingerprint density at radius 1 is 0.771 bits per heavy atom. The van der Waals surface area contributed by atoms with Gasteiger partial charge in [-0.2, -0.15) is 0 Å². The highest BCUT2D eigenvalue weighted by Gasteiger charge is 2.53. The molecule has 1 amide bonds. The minimum absolute atomic E-state index is 0.0383. The summed E-state index contributed by atoms with van der Waals surface area (Å²) in [5.41, 5.74) is 5.61. The summed E-state index contributed by atoms with van der Waals surface area (Å²) < 4.78 is 0. The van der Waals surface area contributed by atoms with Gasteiger partial charge in [-0.25, -0.2) is 0 Å². The van der Waals surface area contributed by atoms with Gasteiger partial charge in [-0.1, -0.05) is 92.2 Å². The summed E-state index contributed by atoms with van der Waals surface area (Å²) in [7, 11) is 0. The van der Waals surface area contributed by atoms with Crippen LogP contribution in [0.4, 0.5) is 5.69 Å². The second-order valence-corrected chi connectivity index (χ2v) is 10.3. The van der Waals surface area contributed by atoms with Crippen LogP contribution in [0, 0.1) is 0 Å². The minimum Gasteiger partial charge on any atom is -0.303 e. The third-order valence-electron chi connectivity index (χ3n) is 7.58. The largest absolute Gasteiger partial charge is 0.303 e. The Kier molecular flexibility index (Phi) is 4.94. The molecule has 4 aromatic rings. The lowest BCUT2D eigenvalue weighted by atomic mass is 9.66. The van der Waals surface area contributed by atoms with Crippen LogP contribution in [0.5, 0.6) is 0 Å². The lowest BCUT2D eigenvalue weighted by Gasteiger charge is -2.42. The van der Waals surface area contributed by atoms with E-state index in [1.165, 1.54) is 0 Å². The standard InChI is InChI=1S/C31H24ClNO2/c1-31(2)25-13-7-8-14-26(25)33(30(35)19-15-17-20(32)18-16-19)29(31)27-21-9-3-5-11-23(21)28(34)24-12-6-4-10-22(24)27/h3-18,27,29H,1-2H3/t29-/m1/s1. The second-order valence-electron chi connectivity index (χ2n) is 9.85. The number of rotatable bonds is 2. The zero-order chi connectivity index (χ0) is 24.3. The Morgan fingerprint density at radius 3 is 1.94 bits per heavy atom. The van der Waals surface area contributed by atoms with Crippen molar-refractivity contribution in [1.29, 1.82) is 0 Å². The number of carbonyl (C=O) groups excluding carboxylic acids is 2. The Bertz CT molecular complexity index is 1440. The molecule has 0 saturated heterocycles. The first-order valence-corrected chi connectivity index (χ1v) is 12.2. The number of fused-ring (bicyclic) bond motifs is 3. The first-order chi connectivity index (χ1) is 16.9. The number of ketones is 1. The Balaban J connectivity index is 1.61. The molecule has 1 heterocycles. The van der Waals surface area contributed by atoms with Crippen molar-refractivity contribution in [2.45, 2.75) is 31.2 Å². The molecule has 0 radical (unpaired) electrons. The number of carbonyl (C=O) groups is 2. The van der Waals surface area contributed by atoms with Crippen LogP contribution in [0.3, 0.4) is 0 Å². The molecule has 35 heavy (non-hydrogen) atoms. The van der Waals surface area contributed by atoms with Gasteiger partial charge in [-0.15, -0.1) is 0 Å². The molecule has 2 aliphatic rings. The van der Waals surface area contributed by atoms with E-state index in [4.69, 9.17) is 11.6 Å². The van der Waals surface area contributed by atoms with Gasteiger partial charge in [-0.3, -0.25) is 9.59 Å². The molecule has 0 saturated carbocycles. The molecule has 0 fully saturated rings. The van der Waals surface area contributed by atoms with Gasteiger partial charge in [0.1, 0.15) is 0 Å². The molecule has 172 valence electrons. The van der Waals surface area contributed by atoms with E-state index in [-0.39, 0.29) is 29.1 Å². The van der Waals surface area contributed by atoms with E-state index < -0.39 is 0 Å². The molecule has 3 nitrogen and oxygen atoms in total. The van der Waals surface area contributed by atoms with Crippen molar-refractivity contribution in [3.05, 3.63) is 135 Å². The molecule has 0 spiro atoms. The molecule has 1 aliphatic carbocycles. The molecular formula is C31H24ClNO2. The number of hydrogen-bond donors (Lipinski definition) is 0. The average Bonchev–Trinajstić information content (AvgIpc) is 3.11. The predicted octanol–water partition coefficient (Wildman–Crippen LogP) is 7.02. The van der Waals surface area contributed by atoms with Gasteiger partial charge in [0.25, 0.3) is 5.91 Å². The van der Waals surface area contributed by atoms with E-state index in [9.17, 15) is 9.59 Å². The molecular weight excluding hydrogens is 454 g/mol. The van der Waals surface area contributed by atoms with Crippen LogP contribution in [0.25, 0.3) is 0 Å². The summed E-state index contributed by atoms with van der Waals surface area (Å²) in [6.07, 6.45) is 0. The normalized spacial score (nSPS) is 18.1. The topological polar surface area (TPSA) is 37.4 Å². The van der Waals surface area contributed by atoms with E-state index in [0.717, 1.165) is 22.4 Å². The van der Waals surface area contributed by atoms with Crippen molar-refractivity contribution in [1.82, 2.24) is 0 Å². The van der Waals surface area contributed by atoms with Crippen LogP contribution < -0.4 is 4.90 Å². The minimum atomic E-state index is -0.371. The number of amides is 1. The molecule has 0 unspecified atom stereocenters. The first-order valence-electron chi connectivity index (χ1n) is 11.8. The average molecular weight is 478 g/mol. The summed E-state index contributed by atoms with van der Waals surface area (Å²) in [5.74, 6) is -0.202. The summed E-state index contributed by atoms with van der Waals surface area (Å²) in [5, 5.41) is 0.592. The zero-order valence-electron chi connectivity index (χ0n) is 19.5. The molecule has 1 aliphatic heterocycles. The lowest BCUT2D eigenvalue weighted by Crippen LogP contribution is -2.50. The van der Waals surface area contributed by atoms with Gasteiger partial charge >= 0.3 is 0 Å². The van der Waals surface area contributed by atoms with Crippen molar-refractivity contribution < 1.29 is 9.59 Å². The van der Waals surface area contributed by atoms with Gasteiger partial charge in [-0.05, 0) is 47.0 Å². The van der Waals surface area contributed by atoms with Crippen LogP contribution in [-0.4, -0.2) is 17.7 Å². The van der Waals surface area contributed by atoms with Crippen molar-refractivity contribution in [2.75, 3.05) is 4.90 Å². The Morgan fingerprint density at radius 2 is 1.31 bits per heavy atom. The monoisotopic (exact) mass is 477 g/mol. The zero-order valence-corrected chi connectivity index (χ0v) is 20.3. The molecule has 6 rings (SSSR count). The first kappa shape index (κ1) is 21.8. The fourth-order valence-corrected chi connectivity index (χ4v) is 6.12. The maximum Gasteiger partial charge on any atom is 0.258 e. The maximum absolute atomic E-state index is 14.2. The highest BCUT2D eigenvalue weighted by molar-refractivity contribution is 6.30. The molecule has 0 N–H and O–H groups in total. The highest BCUT2D eigenvalue weighted by Crippen LogP contribution is 2.54. The van der Waals surface area contributed by atoms with Crippen LogP contribution >= 0.6 is 11.6 Å². The third kappa shape index (κ3) is 3.19. The Hall–Kier alpha value is -3.69. The van der Waals surface area contributed by atoms with E-state index in [0.29, 0.717) is 21.7 Å². The molecule has 4 heteroatoms. The highest BCUT2D eigenvalue weighted by atomic mass is 35.5. The second kappa shape index (κ2) is 7.93. The number of hydrogen-bond acceptors (Lipinski definition) is 2. The molecule has 0 aromatic heterocycles. The maximum atomic E-state index is 14.2. The molecule has 0 bridgehead atoms. The van der Waals surface area contributed by atoms with E-state index in [1.807, 2.05) is 71.6 Å².